The third-order valence-electron chi connectivity index (χ3n) is 5.38. The van der Waals surface area contributed by atoms with E-state index in [0.29, 0.717) is 5.56 Å². The summed E-state index contributed by atoms with van der Waals surface area (Å²) < 4.78 is 0. The van der Waals surface area contributed by atoms with E-state index >= 15 is 0 Å². The molecule has 29 heavy (non-hydrogen) atoms. The summed E-state index contributed by atoms with van der Waals surface area (Å²) in [5.41, 5.74) is 3.90. The van der Waals surface area contributed by atoms with Crippen LogP contribution in [0.4, 0.5) is 11.5 Å². The van der Waals surface area contributed by atoms with Crippen LogP contribution in [-0.2, 0) is 0 Å². The first-order valence-corrected chi connectivity index (χ1v) is 10.0. The quantitative estimate of drug-likeness (QED) is 0.701. The van der Waals surface area contributed by atoms with E-state index in [0.717, 1.165) is 48.7 Å². The van der Waals surface area contributed by atoms with Crippen molar-refractivity contribution in [1.29, 1.82) is 0 Å². The van der Waals surface area contributed by atoms with Crippen LogP contribution in [0.1, 0.15) is 23.2 Å². The van der Waals surface area contributed by atoms with E-state index in [4.69, 9.17) is 0 Å². The van der Waals surface area contributed by atoms with Crippen molar-refractivity contribution in [2.24, 2.45) is 0 Å². The Kier molecular flexibility index (Phi) is 5.51. The highest BCUT2D eigenvalue weighted by molar-refractivity contribution is 5.94. The van der Waals surface area contributed by atoms with Crippen LogP contribution < -0.4 is 15.1 Å². The van der Waals surface area contributed by atoms with Crippen LogP contribution in [0.3, 0.4) is 0 Å². The summed E-state index contributed by atoms with van der Waals surface area (Å²) in [6, 6.07) is 20.1. The minimum atomic E-state index is -0.0193. The molecule has 6 nitrogen and oxygen atoms in total. The Morgan fingerprint density at radius 1 is 1.14 bits per heavy atom. The number of H-pyrrole nitrogens is 1. The predicted molar refractivity (Wildman–Crippen MR) is 117 cm³/mol. The number of piperidine rings is 1. The van der Waals surface area contributed by atoms with Gasteiger partial charge >= 0.3 is 0 Å². The molecule has 0 spiro atoms. The Bertz CT molecular complexity index is 949. The largest absolute Gasteiger partial charge is 0.378 e. The number of aromatic nitrogens is 2. The third-order valence-corrected chi connectivity index (χ3v) is 5.38. The summed E-state index contributed by atoms with van der Waals surface area (Å²) in [5.74, 6) is 0.910. The second kappa shape index (κ2) is 8.39. The zero-order valence-electron chi connectivity index (χ0n) is 16.9. The molecule has 2 aromatic carbocycles. The summed E-state index contributed by atoms with van der Waals surface area (Å²) >= 11 is 0. The number of nitrogens with one attached hydrogen (secondary N) is 2. The lowest BCUT2D eigenvalue weighted by Crippen LogP contribution is -2.48. The van der Waals surface area contributed by atoms with Gasteiger partial charge in [0, 0.05) is 50.5 Å². The van der Waals surface area contributed by atoms with Crippen molar-refractivity contribution in [1.82, 2.24) is 15.5 Å². The number of aromatic amines is 1. The van der Waals surface area contributed by atoms with E-state index in [2.05, 4.69) is 38.6 Å². The van der Waals surface area contributed by atoms with E-state index < -0.39 is 0 Å². The summed E-state index contributed by atoms with van der Waals surface area (Å²) in [7, 11) is 3.98. The number of hydrogen-bond donors (Lipinski definition) is 2. The molecule has 2 N–H and O–H groups in total. The van der Waals surface area contributed by atoms with Crippen LogP contribution >= 0.6 is 0 Å². The van der Waals surface area contributed by atoms with Crippen LogP contribution in [0.2, 0.25) is 0 Å². The molecule has 1 aromatic heterocycles. The number of nitrogens with zero attached hydrogens (tertiary/aromatic N) is 3. The minimum absolute atomic E-state index is 0.0193. The highest BCUT2D eigenvalue weighted by Gasteiger charge is 2.23. The third kappa shape index (κ3) is 4.42. The maximum absolute atomic E-state index is 12.7. The van der Waals surface area contributed by atoms with Gasteiger partial charge in [0.1, 0.15) is 0 Å². The number of carbonyl (C=O) groups excluding carboxylic acids is 1. The molecule has 0 bridgehead atoms. The number of amides is 1. The summed E-state index contributed by atoms with van der Waals surface area (Å²) in [5, 5.41) is 10.8. The van der Waals surface area contributed by atoms with Gasteiger partial charge in [0.25, 0.3) is 5.91 Å². The van der Waals surface area contributed by atoms with Crippen LogP contribution in [-0.4, -0.2) is 49.3 Å². The fourth-order valence-corrected chi connectivity index (χ4v) is 3.72. The van der Waals surface area contributed by atoms with Gasteiger partial charge in [-0.05, 0) is 42.7 Å². The molecule has 1 fully saturated rings. The molecule has 150 valence electrons. The van der Waals surface area contributed by atoms with Gasteiger partial charge in [-0.3, -0.25) is 9.89 Å². The van der Waals surface area contributed by atoms with E-state index in [9.17, 15) is 4.79 Å². The lowest BCUT2D eigenvalue weighted by Gasteiger charge is -2.33. The Morgan fingerprint density at radius 3 is 2.62 bits per heavy atom. The van der Waals surface area contributed by atoms with Gasteiger partial charge in [0.15, 0.2) is 5.82 Å². The molecule has 1 aliphatic rings. The van der Waals surface area contributed by atoms with E-state index in [1.54, 1.807) is 0 Å². The molecule has 0 radical (unpaired) electrons. The van der Waals surface area contributed by atoms with Crippen molar-refractivity contribution in [3.05, 3.63) is 66.2 Å². The SMILES string of the molecule is CN(C)c1ccc(C(=O)NC2CCCN(c3cc(-c4ccccc4)[nH]n3)C2)cc1. The monoisotopic (exact) mass is 389 g/mol. The second-order valence-corrected chi connectivity index (χ2v) is 7.71. The van der Waals surface area contributed by atoms with Gasteiger partial charge in [-0.15, -0.1) is 0 Å². The number of carbonyl (C=O) groups is 1. The molecule has 1 amide bonds. The van der Waals surface area contributed by atoms with E-state index in [1.807, 2.05) is 61.5 Å². The fourth-order valence-electron chi connectivity index (χ4n) is 3.72. The molecule has 3 aromatic rings. The molecule has 1 unspecified atom stereocenters. The maximum Gasteiger partial charge on any atom is 0.251 e. The molecule has 0 aliphatic carbocycles. The Morgan fingerprint density at radius 2 is 1.90 bits per heavy atom. The van der Waals surface area contributed by atoms with Crippen molar-refractivity contribution in [2.75, 3.05) is 37.0 Å². The molecular weight excluding hydrogens is 362 g/mol. The molecular formula is C23H27N5O. The van der Waals surface area contributed by atoms with Gasteiger partial charge in [-0.25, -0.2) is 0 Å². The van der Waals surface area contributed by atoms with Crippen molar-refractivity contribution >= 4 is 17.4 Å². The highest BCUT2D eigenvalue weighted by Crippen LogP contribution is 2.24. The average molecular weight is 390 g/mol. The predicted octanol–water partition coefficient (Wildman–Crippen LogP) is 3.54. The lowest BCUT2D eigenvalue weighted by molar-refractivity contribution is 0.0933. The molecule has 4 rings (SSSR count). The Balaban J connectivity index is 1.39. The first kappa shape index (κ1) is 19.1. The van der Waals surface area contributed by atoms with Crippen molar-refractivity contribution in [2.45, 2.75) is 18.9 Å². The number of hydrogen-bond acceptors (Lipinski definition) is 4. The zero-order valence-corrected chi connectivity index (χ0v) is 16.9. The molecule has 1 aliphatic heterocycles. The standard InChI is InChI=1S/C23H27N5O/c1-27(2)20-12-10-18(11-13-20)23(29)24-19-9-6-14-28(16-19)22-15-21(25-26-22)17-7-4-3-5-8-17/h3-5,7-8,10-13,15,19H,6,9,14,16H2,1-2H3,(H,24,29)(H,25,26). The van der Waals surface area contributed by atoms with Crippen LogP contribution in [0.25, 0.3) is 11.3 Å². The maximum atomic E-state index is 12.7. The minimum Gasteiger partial charge on any atom is -0.378 e. The van der Waals surface area contributed by atoms with Gasteiger partial charge in [-0.2, -0.15) is 5.10 Å². The summed E-state index contributed by atoms with van der Waals surface area (Å²) in [4.78, 5) is 16.9. The topological polar surface area (TPSA) is 64.3 Å². The van der Waals surface area contributed by atoms with E-state index in [-0.39, 0.29) is 11.9 Å². The normalized spacial score (nSPS) is 16.5. The van der Waals surface area contributed by atoms with Gasteiger partial charge in [-0.1, -0.05) is 30.3 Å². The summed E-state index contributed by atoms with van der Waals surface area (Å²) in [6.45, 7) is 1.71. The van der Waals surface area contributed by atoms with Gasteiger partial charge < -0.3 is 15.1 Å². The second-order valence-electron chi connectivity index (χ2n) is 7.71. The molecule has 1 saturated heterocycles. The number of benzene rings is 2. The fraction of sp³-hybridized carbons (Fsp3) is 0.304. The van der Waals surface area contributed by atoms with Crippen molar-refractivity contribution in [3.8, 4) is 11.3 Å². The number of anilines is 2. The van der Waals surface area contributed by atoms with E-state index in [1.165, 1.54) is 0 Å². The summed E-state index contributed by atoms with van der Waals surface area (Å²) in [6.07, 6.45) is 2.01. The molecule has 0 saturated carbocycles. The van der Waals surface area contributed by atoms with Crippen LogP contribution in [0.5, 0.6) is 0 Å². The first-order valence-electron chi connectivity index (χ1n) is 10.0. The average Bonchev–Trinajstić information content (AvgIpc) is 3.25. The van der Waals surface area contributed by atoms with Crippen molar-refractivity contribution < 1.29 is 4.79 Å². The lowest BCUT2D eigenvalue weighted by atomic mass is 10.0. The number of rotatable bonds is 5. The molecule has 6 heteroatoms. The van der Waals surface area contributed by atoms with Crippen molar-refractivity contribution in [3.63, 3.8) is 0 Å². The zero-order chi connectivity index (χ0) is 20.2. The van der Waals surface area contributed by atoms with Crippen LogP contribution in [0, 0.1) is 0 Å². The molecule has 2 heterocycles. The smallest absolute Gasteiger partial charge is 0.251 e. The highest BCUT2D eigenvalue weighted by atomic mass is 16.1. The first-order chi connectivity index (χ1) is 14.1. The Hall–Kier alpha value is -3.28. The Labute approximate surface area is 171 Å². The van der Waals surface area contributed by atoms with Gasteiger partial charge in [0.05, 0.1) is 5.69 Å². The van der Waals surface area contributed by atoms with Gasteiger partial charge in [0.2, 0.25) is 0 Å². The van der Waals surface area contributed by atoms with Crippen LogP contribution in [0.15, 0.2) is 60.7 Å². The molecule has 1 atom stereocenters.